The molecule has 1 aliphatic rings. The first-order chi connectivity index (χ1) is 6.31. The van der Waals surface area contributed by atoms with Crippen molar-refractivity contribution in [1.29, 1.82) is 0 Å². The van der Waals surface area contributed by atoms with E-state index in [1.165, 1.54) is 0 Å². The molecule has 0 unspecified atom stereocenters. The molecular weight excluding hydrogens is 234 g/mol. The van der Waals surface area contributed by atoms with Crippen LogP contribution in [0.1, 0.15) is 11.1 Å². The Kier molecular flexibility index (Phi) is 2.53. The molecule has 2 N–H and O–H groups in total. The summed E-state index contributed by atoms with van der Waals surface area (Å²) in [4.78, 5) is 0. The van der Waals surface area contributed by atoms with Crippen molar-refractivity contribution in [2.45, 2.75) is 13.2 Å². The lowest BCUT2D eigenvalue weighted by atomic mass is 10.1. The van der Waals surface area contributed by atoms with Crippen molar-refractivity contribution in [1.82, 2.24) is 0 Å². The summed E-state index contributed by atoms with van der Waals surface area (Å²) < 4.78 is 11.5. The largest absolute Gasteiger partial charge is 0.467 e. The molecule has 4 heteroatoms. The maximum Gasteiger partial charge on any atom is 0.189 e. The molecule has 13 heavy (non-hydrogen) atoms. The molecule has 0 aromatic heterocycles. The molecule has 1 aliphatic heterocycles. The lowest BCUT2D eigenvalue weighted by Crippen LogP contribution is -2.12. The first kappa shape index (κ1) is 8.99. The van der Waals surface area contributed by atoms with E-state index >= 15 is 0 Å². The van der Waals surface area contributed by atoms with Crippen LogP contribution < -0.4 is 10.5 Å². The zero-order valence-electron chi connectivity index (χ0n) is 7.05. The van der Waals surface area contributed by atoms with Gasteiger partial charge in [-0.25, -0.2) is 0 Å². The fourth-order valence-corrected chi connectivity index (χ4v) is 1.85. The highest BCUT2D eigenvalue weighted by atomic mass is 79.9. The summed E-state index contributed by atoms with van der Waals surface area (Å²) in [6.07, 6.45) is 0. The summed E-state index contributed by atoms with van der Waals surface area (Å²) in [6.45, 7) is 1.45. The van der Waals surface area contributed by atoms with Crippen LogP contribution in [0.2, 0.25) is 0 Å². The molecule has 0 spiro atoms. The summed E-state index contributed by atoms with van der Waals surface area (Å²) in [5, 5.41) is 0. The highest BCUT2D eigenvalue weighted by molar-refractivity contribution is 9.10. The average molecular weight is 244 g/mol. The number of benzene rings is 1. The SMILES string of the molecule is NCc1cc2c(cc1Br)COCO2. The van der Waals surface area contributed by atoms with Crippen molar-refractivity contribution < 1.29 is 9.47 Å². The number of rotatable bonds is 1. The van der Waals surface area contributed by atoms with E-state index in [0.29, 0.717) is 19.9 Å². The maximum atomic E-state index is 5.57. The van der Waals surface area contributed by atoms with Crippen LogP contribution in [0, 0.1) is 0 Å². The van der Waals surface area contributed by atoms with E-state index in [4.69, 9.17) is 15.2 Å². The third kappa shape index (κ3) is 1.70. The van der Waals surface area contributed by atoms with Gasteiger partial charge in [0, 0.05) is 16.6 Å². The molecule has 0 amide bonds. The van der Waals surface area contributed by atoms with Crippen LogP contribution in [0.5, 0.6) is 5.75 Å². The Morgan fingerprint density at radius 1 is 1.46 bits per heavy atom. The van der Waals surface area contributed by atoms with Crippen LogP contribution in [0.3, 0.4) is 0 Å². The lowest BCUT2D eigenvalue weighted by molar-refractivity contribution is -0.0164. The van der Waals surface area contributed by atoms with Gasteiger partial charge in [-0.1, -0.05) is 15.9 Å². The summed E-state index contributed by atoms with van der Waals surface area (Å²) in [7, 11) is 0. The molecule has 1 aromatic rings. The molecule has 0 bridgehead atoms. The van der Waals surface area contributed by atoms with E-state index in [1.54, 1.807) is 0 Å². The van der Waals surface area contributed by atoms with Crippen LogP contribution in [0.15, 0.2) is 16.6 Å². The van der Waals surface area contributed by atoms with Gasteiger partial charge in [0.2, 0.25) is 0 Å². The Bertz CT molecular complexity index is 328. The van der Waals surface area contributed by atoms with Crippen LogP contribution in [0.25, 0.3) is 0 Å². The van der Waals surface area contributed by atoms with E-state index in [-0.39, 0.29) is 0 Å². The molecule has 0 atom stereocenters. The second kappa shape index (κ2) is 3.65. The van der Waals surface area contributed by atoms with Crippen molar-refractivity contribution in [2.75, 3.05) is 6.79 Å². The van der Waals surface area contributed by atoms with E-state index in [2.05, 4.69) is 15.9 Å². The Hall–Kier alpha value is -0.580. The Balaban J connectivity index is 2.44. The molecule has 70 valence electrons. The predicted molar refractivity (Wildman–Crippen MR) is 52.3 cm³/mol. The Labute approximate surface area is 85.0 Å². The van der Waals surface area contributed by atoms with Crippen molar-refractivity contribution in [3.8, 4) is 5.75 Å². The van der Waals surface area contributed by atoms with Crippen LogP contribution >= 0.6 is 15.9 Å². The molecular formula is C9H10BrNO2. The first-order valence-electron chi connectivity index (χ1n) is 4.03. The summed E-state index contributed by atoms with van der Waals surface area (Å²) >= 11 is 3.44. The molecule has 0 radical (unpaired) electrons. The fourth-order valence-electron chi connectivity index (χ4n) is 1.30. The van der Waals surface area contributed by atoms with Crippen LogP contribution in [-0.2, 0) is 17.9 Å². The van der Waals surface area contributed by atoms with E-state index in [1.807, 2.05) is 12.1 Å². The fraction of sp³-hybridized carbons (Fsp3) is 0.333. The highest BCUT2D eigenvalue weighted by Gasteiger charge is 2.12. The minimum Gasteiger partial charge on any atom is -0.467 e. The number of halogens is 1. The van der Waals surface area contributed by atoms with Crippen molar-refractivity contribution in [2.24, 2.45) is 5.73 Å². The number of nitrogens with two attached hydrogens (primary N) is 1. The molecule has 0 saturated heterocycles. The van der Waals surface area contributed by atoms with E-state index < -0.39 is 0 Å². The van der Waals surface area contributed by atoms with Gasteiger partial charge >= 0.3 is 0 Å². The molecule has 2 rings (SSSR count). The van der Waals surface area contributed by atoms with Gasteiger partial charge in [-0.05, 0) is 17.7 Å². The molecule has 1 heterocycles. The smallest absolute Gasteiger partial charge is 0.189 e. The van der Waals surface area contributed by atoms with Gasteiger partial charge in [0.25, 0.3) is 0 Å². The molecule has 0 fully saturated rings. The number of ether oxygens (including phenoxy) is 2. The highest BCUT2D eigenvalue weighted by Crippen LogP contribution is 2.29. The number of hydrogen-bond acceptors (Lipinski definition) is 3. The quantitative estimate of drug-likeness (QED) is 0.818. The van der Waals surface area contributed by atoms with Gasteiger partial charge < -0.3 is 15.2 Å². The second-order valence-electron chi connectivity index (χ2n) is 2.87. The molecule has 3 nitrogen and oxygen atoms in total. The van der Waals surface area contributed by atoms with E-state index in [0.717, 1.165) is 21.3 Å². The van der Waals surface area contributed by atoms with Crippen LogP contribution in [0.4, 0.5) is 0 Å². The minimum atomic E-state index is 0.332. The van der Waals surface area contributed by atoms with Crippen molar-refractivity contribution >= 4 is 15.9 Å². The topological polar surface area (TPSA) is 44.5 Å². The Morgan fingerprint density at radius 3 is 3.08 bits per heavy atom. The van der Waals surface area contributed by atoms with Gasteiger partial charge in [-0.15, -0.1) is 0 Å². The van der Waals surface area contributed by atoms with Crippen LogP contribution in [-0.4, -0.2) is 6.79 Å². The van der Waals surface area contributed by atoms with Crippen molar-refractivity contribution in [3.05, 3.63) is 27.7 Å². The lowest BCUT2D eigenvalue weighted by Gasteiger charge is -2.18. The predicted octanol–water partition coefficient (Wildman–Crippen LogP) is 1.77. The van der Waals surface area contributed by atoms with Gasteiger partial charge in [-0.2, -0.15) is 0 Å². The normalized spacial score (nSPS) is 14.9. The number of fused-ring (bicyclic) bond motifs is 1. The van der Waals surface area contributed by atoms with Gasteiger partial charge in [0.1, 0.15) is 5.75 Å². The monoisotopic (exact) mass is 243 g/mol. The third-order valence-corrected chi connectivity index (χ3v) is 2.74. The molecule has 1 aromatic carbocycles. The van der Waals surface area contributed by atoms with Gasteiger partial charge in [0.05, 0.1) is 6.61 Å². The maximum absolute atomic E-state index is 5.57. The average Bonchev–Trinajstić information content (AvgIpc) is 2.17. The summed E-state index contributed by atoms with van der Waals surface area (Å²) in [5.41, 5.74) is 7.69. The third-order valence-electron chi connectivity index (χ3n) is 2.00. The molecule has 0 aliphatic carbocycles. The van der Waals surface area contributed by atoms with Gasteiger partial charge in [0.15, 0.2) is 6.79 Å². The zero-order chi connectivity index (χ0) is 9.26. The summed E-state index contributed by atoms with van der Waals surface area (Å²) in [6, 6.07) is 3.96. The van der Waals surface area contributed by atoms with Crippen molar-refractivity contribution in [3.63, 3.8) is 0 Å². The summed E-state index contributed by atoms with van der Waals surface area (Å²) in [5.74, 6) is 0.884. The first-order valence-corrected chi connectivity index (χ1v) is 4.82. The number of hydrogen-bond donors (Lipinski definition) is 1. The Morgan fingerprint density at radius 2 is 2.31 bits per heavy atom. The standard InChI is InChI=1S/C9H10BrNO2/c10-8-1-7-4-12-5-13-9(7)2-6(8)3-11/h1-2H,3-5,11H2. The second-order valence-corrected chi connectivity index (χ2v) is 3.72. The van der Waals surface area contributed by atoms with E-state index in [9.17, 15) is 0 Å². The van der Waals surface area contributed by atoms with Gasteiger partial charge in [-0.3, -0.25) is 0 Å². The zero-order valence-corrected chi connectivity index (χ0v) is 8.63. The minimum absolute atomic E-state index is 0.332. The molecule has 0 saturated carbocycles.